The Kier molecular flexibility index (Phi) is 8.30. The number of imidazole rings is 1. The van der Waals surface area contributed by atoms with Gasteiger partial charge in [-0.1, -0.05) is 17.4 Å². The first-order valence-corrected chi connectivity index (χ1v) is 13.9. The van der Waals surface area contributed by atoms with Crippen LogP contribution in [0.4, 0.5) is 19.7 Å². The minimum atomic E-state index is -3.74. The number of rotatable bonds is 7. The summed E-state index contributed by atoms with van der Waals surface area (Å²) >= 11 is 0.900. The number of aromatic amines is 1. The molecule has 10 nitrogen and oxygen atoms in total. The lowest BCUT2D eigenvalue weighted by atomic mass is 10.1. The van der Waals surface area contributed by atoms with Gasteiger partial charge in [0.25, 0.3) is 0 Å². The number of halogens is 3. The van der Waals surface area contributed by atoms with Crippen molar-refractivity contribution in [2.24, 2.45) is 0 Å². The summed E-state index contributed by atoms with van der Waals surface area (Å²) in [6.45, 7) is 2.35. The molecule has 3 aromatic heterocycles. The van der Waals surface area contributed by atoms with E-state index in [1.165, 1.54) is 22.6 Å². The number of nitrogens with one attached hydrogen (secondary N) is 2. The van der Waals surface area contributed by atoms with Crippen LogP contribution in [-0.2, 0) is 10.0 Å². The molecule has 1 aliphatic rings. The van der Waals surface area contributed by atoms with Crippen LogP contribution >= 0.6 is 23.7 Å². The molecule has 0 aliphatic carbocycles. The smallest absolute Gasteiger partial charge is 0.244 e. The minimum Gasteiger partial charge on any atom is -0.382 e. The zero-order chi connectivity index (χ0) is 27.0. The van der Waals surface area contributed by atoms with Crippen LogP contribution in [0.25, 0.3) is 11.5 Å². The summed E-state index contributed by atoms with van der Waals surface area (Å²) in [7, 11) is -3.74. The molecule has 1 saturated heterocycles. The number of piperidine rings is 1. The highest BCUT2D eigenvalue weighted by Gasteiger charge is 2.31. The van der Waals surface area contributed by atoms with Crippen molar-refractivity contribution in [3.8, 4) is 11.5 Å². The lowest BCUT2D eigenvalue weighted by molar-refractivity contribution is 0.103. The Hall–Kier alpha value is -3.46. The van der Waals surface area contributed by atoms with Crippen molar-refractivity contribution in [1.82, 2.24) is 24.2 Å². The van der Waals surface area contributed by atoms with Gasteiger partial charge in [0, 0.05) is 31.5 Å². The first-order valence-electron chi connectivity index (χ1n) is 11.6. The molecule has 0 atom stereocenters. The highest BCUT2D eigenvalue weighted by Crippen LogP contribution is 2.31. The number of carbonyl (C=O) groups is 1. The van der Waals surface area contributed by atoms with E-state index in [1.807, 2.05) is 6.92 Å². The fraction of sp³-hybridized carbons (Fsp3) is 0.250. The van der Waals surface area contributed by atoms with Crippen LogP contribution < -0.4 is 11.1 Å². The third kappa shape index (κ3) is 5.78. The van der Waals surface area contributed by atoms with Crippen LogP contribution in [0.15, 0.2) is 47.6 Å². The van der Waals surface area contributed by atoms with Gasteiger partial charge in [0.2, 0.25) is 15.8 Å². The quantitative estimate of drug-likeness (QED) is 0.272. The summed E-state index contributed by atoms with van der Waals surface area (Å²) in [5.74, 6) is -2.42. The van der Waals surface area contributed by atoms with Crippen molar-refractivity contribution in [1.29, 1.82) is 0 Å². The number of nitrogens with zero attached hydrogens (tertiary/aromatic N) is 4. The van der Waals surface area contributed by atoms with E-state index in [-0.39, 0.29) is 47.1 Å². The van der Waals surface area contributed by atoms with Gasteiger partial charge in [0.15, 0.2) is 11.0 Å². The van der Waals surface area contributed by atoms with E-state index in [0.29, 0.717) is 29.5 Å². The van der Waals surface area contributed by atoms with E-state index in [1.54, 1.807) is 12.3 Å². The first kappa shape index (κ1) is 28.5. The van der Waals surface area contributed by atoms with Crippen molar-refractivity contribution in [3.05, 3.63) is 70.5 Å². The monoisotopic (exact) mass is 595 g/mol. The van der Waals surface area contributed by atoms with Gasteiger partial charge in [-0.25, -0.2) is 27.2 Å². The van der Waals surface area contributed by atoms with Gasteiger partial charge in [-0.15, -0.1) is 12.4 Å². The number of hydrogen-bond acceptors (Lipinski definition) is 9. The molecule has 0 spiro atoms. The molecule has 4 heterocycles. The Morgan fingerprint density at radius 2 is 1.85 bits per heavy atom. The summed E-state index contributed by atoms with van der Waals surface area (Å²) in [5, 5.41) is 3.48. The van der Waals surface area contributed by atoms with E-state index >= 15 is 0 Å². The molecule has 0 amide bonds. The zero-order valence-corrected chi connectivity index (χ0v) is 23.0. The van der Waals surface area contributed by atoms with Crippen LogP contribution in [0.3, 0.4) is 0 Å². The Labute approximate surface area is 233 Å². The Balaban J connectivity index is 0.00000353. The second kappa shape index (κ2) is 11.3. The lowest BCUT2D eigenvalue weighted by Crippen LogP contribution is -2.42. The maximum absolute atomic E-state index is 14.1. The molecular formula is C24H24ClF2N7O3S2. The molecule has 0 saturated carbocycles. The number of anilines is 2. The highest BCUT2D eigenvalue weighted by molar-refractivity contribution is 7.89. The SMILES string of the molecule is Cc1c[nH]c(-c2ccc(S(=O)(=O)N3CCC(Nc4nc(N)c(C(=O)c5c(F)cccc5F)s4)CC3)cn2)n1.Cl. The van der Waals surface area contributed by atoms with Crippen molar-refractivity contribution < 1.29 is 22.0 Å². The van der Waals surface area contributed by atoms with E-state index < -0.39 is 33.0 Å². The molecule has 0 radical (unpaired) electrons. The van der Waals surface area contributed by atoms with Crippen LogP contribution in [0.2, 0.25) is 0 Å². The summed E-state index contributed by atoms with van der Waals surface area (Å²) in [6, 6.07) is 6.15. The van der Waals surface area contributed by atoms with Crippen molar-refractivity contribution in [3.63, 3.8) is 0 Å². The fourth-order valence-electron chi connectivity index (χ4n) is 4.17. The number of ketones is 1. The average Bonchev–Trinajstić information content (AvgIpc) is 3.49. The Morgan fingerprint density at radius 3 is 2.44 bits per heavy atom. The molecule has 1 aromatic carbocycles. The molecule has 1 fully saturated rings. The number of benzene rings is 1. The van der Waals surface area contributed by atoms with Crippen LogP contribution in [0.5, 0.6) is 0 Å². The normalized spacial score (nSPS) is 14.6. The molecule has 1 aliphatic heterocycles. The van der Waals surface area contributed by atoms with Gasteiger partial charge in [-0.3, -0.25) is 9.78 Å². The van der Waals surface area contributed by atoms with Crippen LogP contribution in [0, 0.1) is 18.6 Å². The van der Waals surface area contributed by atoms with Crippen molar-refractivity contribution >= 4 is 50.5 Å². The summed E-state index contributed by atoms with van der Waals surface area (Å²) in [4.78, 5) is 28.4. The number of H-pyrrole nitrogens is 1. The van der Waals surface area contributed by atoms with Gasteiger partial charge in [-0.05, 0) is 44.0 Å². The third-order valence-corrected chi connectivity index (χ3v) is 9.04. The number of hydrogen-bond donors (Lipinski definition) is 3. The number of sulfonamides is 1. The molecule has 4 N–H and O–H groups in total. The summed E-state index contributed by atoms with van der Waals surface area (Å²) < 4.78 is 55.8. The molecule has 15 heteroatoms. The maximum Gasteiger partial charge on any atom is 0.244 e. The topological polar surface area (TPSA) is 147 Å². The number of thiazole rings is 1. The van der Waals surface area contributed by atoms with Crippen LogP contribution in [0.1, 0.15) is 33.8 Å². The molecule has 4 aromatic rings. The first-order chi connectivity index (χ1) is 18.1. The van der Waals surface area contributed by atoms with Gasteiger partial charge >= 0.3 is 0 Å². The highest BCUT2D eigenvalue weighted by atomic mass is 35.5. The van der Waals surface area contributed by atoms with Gasteiger partial charge in [-0.2, -0.15) is 4.31 Å². The zero-order valence-electron chi connectivity index (χ0n) is 20.5. The van der Waals surface area contributed by atoms with Crippen LogP contribution in [-0.4, -0.2) is 57.6 Å². The van der Waals surface area contributed by atoms with Crippen molar-refractivity contribution in [2.75, 3.05) is 24.1 Å². The number of nitrogen functional groups attached to an aromatic ring is 1. The van der Waals surface area contributed by atoms with E-state index in [2.05, 4.69) is 25.3 Å². The number of pyridine rings is 1. The number of aromatic nitrogens is 4. The minimum absolute atomic E-state index is 0. The number of carbonyl (C=O) groups excluding carboxylic acids is 1. The van der Waals surface area contributed by atoms with Crippen molar-refractivity contribution in [2.45, 2.75) is 30.7 Å². The molecule has 0 bridgehead atoms. The standard InChI is InChI=1S/C24H23F2N7O3S2.ClH/c1-13-11-29-23(30-13)18-6-5-15(12-28-18)38(35,36)33-9-7-14(8-10-33)31-24-32-22(27)21(37-24)20(34)19-16(25)3-2-4-17(19)26;/h2-6,11-12,14H,7-10,27H2,1H3,(H,29,30)(H,31,32);1H. The Bertz CT molecular complexity index is 1580. The van der Waals surface area contributed by atoms with Gasteiger partial charge < -0.3 is 16.0 Å². The molecular weight excluding hydrogens is 572 g/mol. The molecule has 5 rings (SSSR count). The Morgan fingerprint density at radius 1 is 1.15 bits per heavy atom. The molecule has 0 unspecified atom stereocenters. The van der Waals surface area contributed by atoms with Gasteiger partial charge in [0.05, 0.1) is 11.3 Å². The second-order valence-electron chi connectivity index (χ2n) is 8.75. The largest absolute Gasteiger partial charge is 0.382 e. The second-order valence-corrected chi connectivity index (χ2v) is 11.7. The number of aryl methyl sites for hydroxylation is 1. The number of nitrogens with two attached hydrogens (primary N) is 1. The fourth-order valence-corrected chi connectivity index (χ4v) is 6.49. The lowest BCUT2D eigenvalue weighted by Gasteiger charge is -2.31. The molecule has 39 heavy (non-hydrogen) atoms. The average molecular weight is 596 g/mol. The summed E-state index contributed by atoms with van der Waals surface area (Å²) in [5.41, 5.74) is 6.53. The van der Waals surface area contributed by atoms with Gasteiger partial charge in [0.1, 0.15) is 32.9 Å². The maximum atomic E-state index is 14.1. The predicted molar refractivity (Wildman–Crippen MR) is 146 cm³/mol. The summed E-state index contributed by atoms with van der Waals surface area (Å²) in [6.07, 6.45) is 4.01. The molecule has 206 valence electrons. The third-order valence-electron chi connectivity index (χ3n) is 6.15. The van der Waals surface area contributed by atoms with E-state index in [0.717, 1.165) is 29.2 Å². The van der Waals surface area contributed by atoms with E-state index in [9.17, 15) is 22.0 Å². The van der Waals surface area contributed by atoms with E-state index in [4.69, 9.17) is 5.73 Å². The predicted octanol–water partition coefficient (Wildman–Crippen LogP) is 4.02.